The van der Waals surface area contributed by atoms with Gasteiger partial charge in [-0.3, -0.25) is 4.18 Å². The second kappa shape index (κ2) is 11.9. The molecule has 0 amide bonds. The Balaban J connectivity index is 0. The molecular formula is C11H23NaO4S. The van der Waals surface area contributed by atoms with Crippen molar-refractivity contribution in [3.63, 3.8) is 0 Å². The molecule has 0 aliphatic carbocycles. The fourth-order valence-corrected chi connectivity index (χ4v) is 2.14. The van der Waals surface area contributed by atoms with E-state index in [0.717, 1.165) is 12.8 Å². The average Bonchev–Trinajstić information content (AvgIpc) is 2.13. The van der Waals surface area contributed by atoms with Gasteiger partial charge in [-0.1, -0.05) is 51.9 Å². The van der Waals surface area contributed by atoms with E-state index in [1.54, 1.807) is 6.92 Å². The Morgan fingerprint density at radius 1 is 1.06 bits per heavy atom. The second-order valence-electron chi connectivity index (χ2n) is 4.23. The monoisotopic (exact) mass is 274 g/mol. The summed E-state index contributed by atoms with van der Waals surface area (Å²) in [5, 5.41) is 0. The van der Waals surface area contributed by atoms with E-state index in [1.807, 2.05) is 0 Å². The first-order valence-corrected chi connectivity index (χ1v) is 7.43. The minimum atomic E-state index is -4.53. The van der Waals surface area contributed by atoms with Gasteiger partial charge in [-0.05, 0) is 13.3 Å². The maximum absolute atomic E-state index is 10.3. The molecule has 17 heavy (non-hydrogen) atoms. The van der Waals surface area contributed by atoms with Crippen molar-refractivity contribution in [2.45, 2.75) is 71.3 Å². The van der Waals surface area contributed by atoms with Gasteiger partial charge in [0.25, 0.3) is 0 Å². The maximum Gasteiger partial charge on any atom is 1.00 e. The zero-order chi connectivity index (χ0) is 12.4. The minimum absolute atomic E-state index is 0. The molecule has 0 spiro atoms. The molecule has 0 heterocycles. The Kier molecular flexibility index (Phi) is 14.2. The zero-order valence-electron chi connectivity index (χ0n) is 11.3. The molecule has 0 unspecified atom stereocenters. The maximum atomic E-state index is 10.3. The van der Waals surface area contributed by atoms with Crippen molar-refractivity contribution in [2.24, 2.45) is 0 Å². The molecule has 4 nitrogen and oxygen atoms in total. The summed E-state index contributed by atoms with van der Waals surface area (Å²) in [6.07, 6.45) is 8.37. The first kappa shape index (κ1) is 20.2. The third-order valence-electron chi connectivity index (χ3n) is 2.50. The minimum Gasteiger partial charge on any atom is -0.726 e. The number of unbranched alkanes of at least 4 members (excludes halogenated alkanes) is 6. The summed E-state index contributed by atoms with van der Waals surface area (Å²) < 4.78 is 35.1. The van der Waals surface area contributed by atoms with Gasteiger partial charge in [0.15, 0.2) is 0 Å². The smallest absolute Gasteiger partial charge is 0.726 e. The summed E-state index contributed by atoms with van der Waals surface area (Å²) in [6.45, 7) is 3.80. The van der Waals surface area contributed by atoms with Crippen molar-refractivity contribution in [3.05, 3.63) is 0 Å². The Morgan fingerprint density at radius 2 is 1.53 bits per heavy atom. The first-order chi connectivity index (χ1) is 7.45. The van der Waals surface area contributed by atoms with Gasteiger partial charge < -0.3 is 4.55 Å². The van der Waals surface area contributed by atoms with E-state index in [2.05, 4.69) is 11.1 Å². The van der Waals surface area contributed by atoms with Crippen LogP contribution in [0.4, 0.5) is 0 Å². The molecule has 0 aromatic heterocycles. The summed E-state index contributed by atoms with van der Waals surface area (Å²) >= 11 is 0. The Morgan fingerprint density at radius 3 is 2.00 bits per heavy atom. The van der Waals surface area contributed by atoms with Gasteiger partial charge in [0, 0.05) is 0 Å². The zero-order valence-corrected chi connectivity index (χ0v) is 14.1. The second-order valence-corrected chi connectivity index (χ2v) is 5.23. The van der Waals surface area contributed by atoms with Crippen LogP contribution in [0.1, 0.15) is 65.2 Å². The molecule has 0 fully saturated rings. The van der Waals surface area contributed by atoms with Crippen molar-refractivity contribution in [2.75, 3.05) is 0 Å². The molecule has 0 radical (unpaired) electrons. The molecule has 0 N–H and O–H groups in total. The van der Waals surface area contributed by atoms with Crippen LogP contribution in [0.15, 0.2) is 0 Å². The largest absolute Gasteiger partial charge is 1.00 e. The normalized spacial score (nSPS) is 13.1. The molecule has 0 aromatic carbocycles. The van der Waals surface area contributed by atoms with E-state index in [4.69, 9.17) is 0 Å². The Bertz CT molecular complexity index is 254. The van der Waals surface area contributed by atoms with Gasteiger partial charge in [0.2, 0.25) is 10.4 Å². The summed E-state index contributed by atoms with van der Waals surface area (Å²) in [5.74, 6) is 0. The average molecular weight is 274 g/mol. The molecular weight excluding hydrogens is 251 g/mol. The SMILES string of the molecule is CCCCCCCCC[C@@H](C)OS(=O)(=O)[O-].[Na+]. The quantitative estimate of drug-likeness (QED) is 0.243. The van der Waals surface area contributed by atoms with Gasteiger partial charge in [0.1, 0.15) is 0 Å². The molecule has 0 aliphatic rings. The van der Waals surface area contributed by atoms with Crippen molar-refractivity contribution in [1.29, 1.82) is 0 Å². The van der Waals surface area contributed by atoms with E-state index >= 15 is 0 Å². The van der Waals surface area contributed by atoms with Gasteiger partial charge in [0.05, 0.1) is 6.10 Å². The van der Waals surface area contributed by atoms with Crippen LogP contribution in [0.25, 0.3) is 0 Å². The van der Waals surface area contributed by atoms with Crippen molar-refractivity contribution >= 4 is 10.4 Å². The predicted octanol–water partition coefficient (Wildman–Crippen LogP) is -0.00360. The van der Waals surface area contributed by atoms with Crippen molar-refractivity contribution < 1.29 is 46.7 Å². The van der Waals surface area contributed by atoms with Gasteiger partial charge in [-0.15, -0.1) is 0 Å². The van der Waals surface area contributed by atoms with E-state index in [9.17, 15) is 13.0 Å². The summed E-state index contributed by atoms with van der Waals surface area (Å²) in [6, 6.07) is 0. The first-order valence-electron chi connectivity index (χ1n) is 6.10. The Labute approximate surface area is 128 Å². The number of hydrogen-bond donors (Lipinski definition) is 0. The summed E-state index contributed by atoms with van der Waals surface area (Å²) in [4.78, 5) is 0. The van der Waals surface area contributed by atoms with E-state index in [1.165, 1.54) is 32.1 Å². The van der Waals surface area contributed by atoms with Crippen LogP contribution in [0.2, 0.25) is 0 Å². The van der Waals surface area contributed by atoms with Crippen LogP contribution in [0, 0.1) is 0 Å². The van der Waals surface area contributed by atoms with Gasteiger partial charge in [-0.2, -0.15) is 0 Å². The molecule has 6 heteroatoms. The third kappa shape index (κ3) is 16.9. The molecule has 0 saturated carbocycles. The fraction of sp³-hybridized carbons (Fsp3) is 1.00. The topological polar surface area (TPSA) is 66.4 Å². The van der Waals surface area contributed by atoms with Crippen LogP contribution < -0.4 is 29.6 Å². The van der Waals surface area contributed by atoms with Crippen molar-refractivity contribution in [3.8, 4) is 0 Å². The van der Waals surface area contributed by atoms with Crippen LogP contribution in [0.3, 0.4) is 0 Å². The Hall–Kier alpha value is 0.870. The standard InChI is InChI=1S/C11H24O4S.Na/c1-3-4-5-6-7-8-9-10-11(2)15-16(12,13)14;/h11H,3-10H2,1-2H3,(H,12,13,14);/q;+1/p-1/t11-;/m1./s1. The molecule has 98 valence electrons. The van der Waals surface area contributed by atoms with Crippen LogP contribution >= 0.6 is 0 Å². The fourth-order valence-electron chi connectivity index (χ4n) is 1.64. The van der Waals surface area contributed by atoms with E-state index in [0.29, 0.717) is 6.42 Å². The van der Waals surface area contributed by atoms with Crippen LogP contribution in [-0.4, -0.2) is 19.1 Å². The van der Waals surface area contributed by atoms with Crippen LogP contribution in [-0.2, 0) is 14.6 Å². The summed E-state index contributed by atoms with van der Waals surface area (Å²) in [7, 11) is -4.53. The number of hydrogen-bond acceptors (Lipinski definition) is 4. The number of rotatable bonds is 10. The van der Waals surface area contributed by atoms with Crippen LogP contribution in [0.5, 0.6) is 0 Å². The molecule has 1 atom stereocenters. The summed E-state index contributed by atoms with van der Waals surface area (Å²) in [5.41, 5.74) is 0. The van der Waals surface area contributed by atoms with E-state index in [-0.39, 0.29) is 29.6 Å². The van der Waals surface area contributed by atoms with Gasteiger partial charge in [-0.25, -0.2) is 8.42 Å². The molecule has 0 saturated heterocycles. The third-order valence-corrected chi connectivity index (χ3v) is 3.06. The predicted molar refractivity (Wildman–Crippen MR) is 62.9 cm³/mol. The molecule has 0 rings (SSSR count). The molecule has 0 aromatic rings. The van der Waals surface area contributed by atoms with Crippen molar-refractivity contribution in [1.82, 2.24) is 0 Å². The molecule has 0 aliphatic heterocycles. The molecule has 0 bridgehead atoms. The van der Waals surface area contributed by atoms with Gasteiger partial charge >= 0.3 is 29.6 Å². The van der Waals surface area contributed by atoms with E-state index < -0.39 is 16.5 Å².